The second-order valence-corrected chi connectivity index (χ2v) is 13.7. The molecule has 1 aliphatic heterocycles. The fraction of sp³-hybridized carbons (Fsp3) is 0.800. The molecule has 5 nitrogen and oxygen atoms in total. The Balaban J connectivity index is 1.64. The molecule has 0 aromatic carbocycles. The summed E-state index contributed by atoms with van der Waals surface area (Å²) in [7, 11) is 1.58. The van der Waals surface area contributed by atoms with Crippen molar-refractivity contribution >= 4 is 11.9 Å². The Bertz CT molecular complexity index is 991. The summed E-state index contributed by atoms with van der Waals surface area (Å²) in [6.07, 6.45) is 11.9. The zero-order valence-electron chi connectivity index (χ0n) is 22.6. The summed E-state index contributed by atoms with van der Waals surface area (Å²) >= 11 is 0. The summed E-state index contributed by atoms with van der Waals surface area (Å²) in [4.78, 5) is 27.0. The Labute approximate surface area is 210 Å². The molecule has 0 amide bonds. The highest BCUT2D eigenvalue weighted by Gasteiger charge is 2.74. The normalized spacial score (nSPS) is 49.7. The number of cyclic esters (lactones) is 1. The van der Waals surface area contributed by atoms with Gasteiger partial charge in [0.15, 0.2) is 0 Å². The van der Waals surface area contributed by atoms with Crippen LogP contribution in [0.2, 0.25) is 0 Å². The summed E-state index contributed by atoms with van der Waals surface area (Å²) in [6, 6.07) is 0. The molecule has 1 saturated heterocycles. The Morgan fingerprint density at radius 3 is 2.37 bits per heavy atom. The fourth-order valence-corrected chi connectivity index (χ4v) is 10.3. The lowest BCUT2D eigenvalue weighted by Gasteiger charge is -2.68. The Kier molecular flexibility index (Phi) is 5.51. The second-order valence-electron chi connectivity index (χ2n) is 13.7. The number of fused-ring (bicyclic) bond motifs is 5. The number of carboxylic acids is 1. The van der Waals surface area contributed by atoms with Crippen molar-refractivity contribution in [3.05, 3.63) is 23.8 Å². The number of ether oxygens (including phenoxy) is 2. The molecule has 0 aromatic rings. The molecule has 1 spiro atoms. The predicted octanol–water partition coefficient (Wildman–Crippen LogP) is 6.38. The summed E-state index contributed by atoms with van der Waals surface area (Å²) in [5, 5.41) is 11.1. The van der Waals surface area contributed by atoms with Gasteiger partial charge in [0.25, 0.3) is 0 Å². The monoisotopic (exact) mass is 484 g/mol. The van der Waals surface area contributed by atoms with Gasteiger partial charge in [-0.2, -0.15) is 0 Å². The predicted molar refractivity (Wildman–Crippen MR) is 134 cm³/mol. The lowest BCUT2D eigenvalue weighted by atomic mass is 9.34. The van der Waals surface area contributed by atoms with Gasteiger partial charge in [0, 0.05) is 13.5 Å². The number of aliphatic carboxylic acids is 1. The number of carbonyl (C=O) groups is 2. The molecule has 1 N–H and O–H groups in total. The van der Waals surface area contributed by atoms with Gasteiger partial charge in [0.2, 0.25) is 6.29 Å². The zero-order chi connectivity index (χ0) is 25.6. The first kappa shape index (κ1) is 25.0. The van der Waals surface area contributed by atoms with E-state index in [9.17, 15) is 14.7 Å². The quantitative estimate of drug-likeness (QED) is 0.371. The number of rotatable bonds is 3. The van der Waals surface area contributed by atoms with E-state index in [0.717, 1.165) is 31.3 Å². The number of hydrogen-bond donors (Lipinski definition) is 1. The van der Waals surface area contributed by atoms with Crippen LogP contribution < -0.4 is 0 Å². The zero-order valence-corrected chi connectivity index (χ0v) is 22.6. The molecule has 4 fully saturated rings. The summed E-state index contributed by atoms with van der Waals surface area (Å²) < 4.78 is 11.1. The van der Waals surface area contributed by atoms with E-state index in [1.807, 2.05) is 0 Å². The van der Waals surface area contributed by atoms with Crippen molar-refractivity contribution in [2.75, 3.05) is 7.11 Å². The molecule has 3 saturated carbocycles. The minimum atomic E-state index is -0.849. The van der Waals surface area contributed by atoms with Crippen LogP contribution in [0, 0.1) is 50.7 Å². The van der Waals surface area contributed by atoms with Gasteiger partial charge in [-0.1, -0.05) is 51.5 Å². The van der Waals surface area contributed by atoms with Crippen LogP contribution in [0.5, 0.6) is 0 Å². The number of allylic oxidation sites excluding steroid dienone is 4. The fourth-order valence-electron chi connectivity index (χ4n) is 10.3. The van der Waals surface area contributed by atoms with E-state index >= 15 is 0 Å². The molecule has 0 radical (unpaired) electrons. The van der Waals surface area contributed by atoms with Crippen LogP contribution in [0.1, 0.15) is 86.5 Å². The van der Waals surface area contributed by atoms with E-state index in [0.29, 0.717) is 31.1 Å². The van der Waals surface area contributed by atoms with Gasteiger partial charge < -0.3 is 14.6 Å². The van der Waals surface area contributed by atoms with Crippen LogP contribution >= 0.6 is 0 Å². The highest BCUT2D eigenvalue weighted by atomic mass is 16.7. The third-order valence-electron chi connectivity index (χ3n) is 11.8. The number of carbonyl (C=O) groups excluding carboxylic acids is 1. The standard InChI is InChI=1S/C30H44O5/c1-18(2)16-20-19-8-9-22-27(5)13-12-26(3,4)21(27)10-11-28(22,6)30(19,24(31)32)15-14-29(20)17-23(34-7)35-25(29)33/h12-13,16,19-23H,8-11,14-15,17H2,1-7H3,(H,31,32)/t19-,20-,21+,22-,23-,27+,28-,29-,30-/m1/s1. The van der Waals surface area contributed by atoms with Gasteiger partial charge in [-0.05, 0) is 92.3 Å². The molecular weight excluding hydrogens is 440 g/mol. The van der Waals surface area contributed by atoms with Crippen LogP contribution in [-0.4, -0.2) is 30.4 Å². The first-order chi connectivity index (χ1) is 16.3. The largest absolute Gasteiger partial charge is 0.481 e. The highest BCUT2D eigenvalue weighted by molar-refractivity contribution is 5.82. The topological polar surface area (TPSA) is 72.8 Å². The maximum absolute atomic E-state index is 13.6. The van der Waals surface area contributed by atoms with E-state index in [1.54, 1.807) is 7.11 Å². The first-order valence-electron chi connectivity index (χ1n) is 13.6. The second kappa shape index (κ2) is 7.69. The van der Waals surface area contributed by atoms with Crippen LogP contribution in [-0.2, 0) is 19.1 Å². The van der Waals surface area contributed by atoms with Crippen molar-refractivity contribution in [1.82, 2.24) is 0 Å². The van der Waals surface area contributed by atoms with Crippen LogP contribution in [0.15, 0.2) is 23.8 Å². The SMILES string of the molecule is CO[C@H]1C[C@@]2(CC[C@]3(C(=O)O)[C@H](CC[C@@H]4[C@@]5(C)C=CC(C)(C)[C@@H]5CC[C@]43C)[C@H]2C=C(C)C)C(=O)O1. The molecule has 5 heteroatoms. The van der Waals surface area contributed by atoms with Gasteiger partial charge in [-0.25, -0.2) is 0 Å². The number of esters is 1. The van der Waals surface area contributed by atoms with E-state index in [-0.39, 0.29) is 34.1 Å². The first-order valence-corrected chi connectivity index (χ1v) is 13.6. The van der Waals surface area contributed by atoms with Crippen molar-refractivity contribution < 1.29 is 24.2 Å². The third kappa shape index (κ3) is 3.03. The van der Waals surface area contributed by atoms with E-state index in [2.05, 4.69) is 59.8 Å². The molecule has 5 aliphatic rings. The number of carboxylic acid groups (broad SMARTS) is 1. The molecule has 1 heterocycles. The van der Waals surface area contributed by atoms with Crippen molar-refractivity contribution in [3.63, 3.8) is 0 Å². The molecule has 9 atom stereocenters. The van der Waals surface area contributed by atoms with Gasteiger partial charge >= 0.3 is 11.9 Å². The minimum absolute atomic E-state index is 0.0124. The maximum atomic E-state index is 13.6. The molecule has 5 rings (SSSR count). The van der Waals surface area contributed by atoms with Gasteiger partial charge in [0.1, 0.15) is 0 Å². The van der Waals surface area contributed by atoms with Crippen molar-refractivity contribution in [1.29, 1.82) is 0 Å². The van der Waals surface area contributed by atoms with E-state index in [1.165, 1.54) is 0 Å². The summed E-state index contributed by atoms with van der Waals surface area (Å²) in [6.45, 7) is 13.5. The van der Waals surface area contributed by atoms with Crippen molar-refractivity contribution in [2.24, 2.45) is 50.7 Å². The van der Waals surface area contributed by atoms with Crippen LogP contribution in [0.25, 0.3) is 0 Å². The molecule has 35 heavy (non-hydrogen) atoms. The highest BCUT2D eigenvalue weighted by Crippen LogP contribution is 2.76. The molecule has 4 aliphatic carbocycles. The molecule has 194 valence electrons. The average Bonchev–Trinajstić information content (AvgIpc) is 3.22. The average molecular weight is 485 g/mol. The number of methoxy groups -OCH3 is 1. The smallest absolute Gasteiger partial charge is 0.315 e. The lowest BCUT2D eigenvalue weighted by Crippen LogP contribution is -2.67. The Hall–Kier alpha value is -1.62. The van der Waals surface area contributed by atoms with E-state index < -0.39 is 23.1 Å². The van der Waals surface area contributed by atoms with Gasteiger partial charge in [-0.15, -0.1) is 0 Å². The van der Waals surface area contributed by atoms with Crippen LogP contribution in [0.3, 0.4) is 0 Å². The lowest BCUT2D eigenvalue weighted by molar-refractivity contribution is -0.225. The molecular formula is C30H44O5. The van der Waals surface area contributed by atoms with E-state index in [4.69, 9.17) is 9.47 Å². The van der Waals surface area contributed by atoms with Gasteiger partial charge in [0.05, 0.1) is 10.8 Å². The third-order valence-corrected chi connectivity index (χ3v) is 11.8. The minimum Gasteiger partial charge on any atom is -0.481 e. The summed E-state index contributed by atoms with van der Waals surface area (Å²) in [5.74, 6) is -0.228. The van der Waals surface area contributed by atoms with Crippen molar-refractivity contribution in [3.8, 4) is 0 Å². The summed E-state index contributed by atoms with van der Waals surface area (Å²) in [5.41, 5.74) is -0.575. The van der Waals surface area contributed by atoms with Crippen LogP contribution in [0.4, 0.5) is 0 Å². The Morgan fingerprint density at radius 1 is 1.06 bits per heavy atom. The molecule has 0 aromatic heterocycles. The number of hydrogen-bond acceptors (Lipinski definition) is 4. The molecule has 0 unspecified atom stereocenters. The maximum Gasteiger partial charge on any atom is 0.315 e. The molecule has 0 bridgehead atoms. The van der Waals surface area contributed by atoms with Crippen molar-refractivity contribution in [2.45, 2.75) is 92.8 Å². The Morgan fingerprint density at radius 2 is 1.77 bits per heavy atom. The van der Waals surface area contributed by atoms with Gasteiger partial charge in [-0.3, -0.25) is 9.59 Å².